The molecule has 4 aromatic rings. The lowest BCUT2D eigenvalue weighted by atomic mass is 9.81. The van der Waals surface area contributed by atoms with Gasteiger partial charge in [0.05, 0.1) is 36.5 Å². The molecule has 2 aromatic heterocycles. The van der Waals surface area contributed by atoms with Gasteiger partial charge in [0.2, 0.25) is 0 Å². The number of hydrogen-bond acceptors (Lipinski definition) is 6. The first-order valence-corrected chi connectivity index (χ1v) is 17.3. The van der Waals surface area contributed by atoms with Crippen LogP contribution in [0.2, 0.25) is 0 Å². The number of carbonyl (C=O) groups excluding carboxylic acids is 2. The number of benzene rings is 2. The Balaban J connectivity index is 1.44. The lowest BCUT2D eigenvalue weighted by Crippen LogP contribution is -2.40. The van der Waals surface area contributed by atoms with E-state index in [2.05, 4.69) is 34.9 Å². The van der Waals surface area contributed by atoms with Crippen molar-refractivity contribution < 1.29 is 23.8 Å². The summed E-state index contributed by atoms with van der Waals surface area (Å²) in [6.45, 7) is 8.56. The van der Waals surface area contributed by atoms with Crippen LogP contribution < -0.4 is 4.74 Å². The van der Waals surface area contributed by atoms with Gasteiger partial charge in [0.1, 0.15) is 11.4 Å². The maximum absolute atomic E-state index is 13.8. The molecule has 2 fully saturated rings. The minimum atomic E-state index is -0.592. The highest BCUT2D eigenvalue weighted by Crippen LogP contribution is 2.48. The first kappa shape index (κ1) is 30.8. The van der Waals surface area contributed by atoms with Crippen molar-refractivity contribution in [2.75, 3.05) is 33.4 Å². The molecule has 3 aliphatic rings. The van der Waals surface area contributed by atoms with Crippen LogP contribution >= 0.6 is 11.3 Å². The third-order valence-corrected chi connectivity index (χ3v) is 10.3. The third kappa shape index (κ3) is 5.77. The maximum Gasteiger partial charge on any atom is 0.338 e. The van der Waals surface area contributed by atoms with Crippen molar-refractivity contribution in [3.63, 3.8) is 0 Å². The van der Waals surface area contributed by atoms with Gasteiger partial charge in [-0.15, -0.1) is 11.3 Å². The Bertz CT molecular complexity index is 1830. The Labute approximate surface area is 274 Å². The fourth-order valence-electron chi connectivity index (χ4n) is 7.31. The molecular formula is C38H42N2O5S. The second kappa shape index (κ2) is 12.4. The molecule has 2 aromatic carbocycles. The van der Waals surface area contributed by atoms with E-state index in [4.69, 9.17) is 14.2 Å². The van der Waals surface area contributed by atoms with Gasteiger partial charge in [-0.1, -0.05) is 25.3 Å². The van der Waals surface area contributed by atoms with Gasteiger partial charge in [0, 0.05) is 41.7 Å². The molecule has 8 heteroatoms. The van der Waals surface area contributed by atoms with E-state index in [0.717, 1.165) is 51.2 Å². The molecule has 1 saturated heterocycles. The zero-order chi connectivity index (χ0) is 32.0. The van der Waals surface area contributed by atoms with E-state index in [9.17, 15) is 9.59 Å². The Kier molecular flexibility index (Phi) is 8.28. The number of nitrogens with zero attached hydrogens (tertiary/aromatic N) is 2. The minimum absolute atomic E-state index is 0.0528. The molecule has 0 N–H and O–H groups in total. The highest BCUT2D eigenvalue weighted by Gasteiger charge is 2.32. The number of carbonyl (C=O) groups is 2. The van der Waals surface area contributed by atoms with Crippen LogP contribution in [0.4, 0.5) is 0 Å². The first-order chi connectivity index (χ1) is 22.2. The third-order valence-electron chi connectivity index (χ3n) is 9.43. The van der Waals surface area contributed by atoms with Crippen LogP contribution in [0.25, 0.3) is 33.8 Å². The number of hydrogen-bond donors (Lipinski definition) is 0. The van der Waals surface area contributed by atoms with Gasteiger partial charge in [-0.3, -0.25) is 4.79 Å². The molecule has 1 aliphatic carbocycles. The molecule has 0 radical (unpaired) electrons. The summed E-state index contributed by atoms with van der Waals surface area (Å²) < 4.78 is 19.4. The van der Waals surface area contributed by atoms with Gasteiger partial charge in [-0.05, 0) is 104 Å². The number of allylic oxidation sites excluding steroid dienone is 1. The molecule has 1 saturated carbocycles. The van der Waals surface area contributed by atoms with Crippen LogP contribution in [0.15, 0.2) is 47.8 Å². The highest BCUT2D eigenvalue weighted by atomic mass is 32.1. The normalized spacial score (nSPS) is 17.2. The van der Waals surface area contributed by atoms with Crippen molar-refractivity contribution in [3.8, 4) is 17.0 Å². The Morgan fingerprint density at radius 3 is 2.48 bits per heavy atom. The summed E-state index contributed by atoms with van der Waals surface area (Å²) >= 11 is 1.50. The molecule has 0 unspecified atom stereocenters. The molecule has 240 valence electrons. The molecule has 4 heterocycles. The fraction of sp³-hybridized carbons (Fsp3) is 0.421. The number of ether oxygens (including phenoxy) is 3. The monoisotopic (exact) mass is 638 g/mol. The summed E-state index contributed by atoms with van der Waals surface area (Å²) in [4.78, 5) is 29.8. The summed E-state index contributed by atoms with van der Waals surface area (Å²) in [6.07, 6.45) is 8.23. The van der Waals surface area contributed by atoms with Gasteiger partial charge < -0.3 is 23.7 Å². The number of amides is 1. The molecule has 0 spiro atoms. The van der Waals surface area contributed by atoms with Crippen LogP contribution in [0, 0.1) is 0 Å². The zero-order valence-corrected chi connectivity index (χ0v) is 28.0. The van der Waals surface area contributed by atoms with Crippen LogP contribution in [-0.2, 0) is 16.0 Å². The summed E-state index contributed by atoms with van der Waals surface area (Å²) in [5.74, 6) is 0.947. The molecule has 7 rings (SSSR count). The van der Waals surface area contributed by atoms with Crippen molar-refractivity contribution in [1.82, 2.24) is 9.47 Å². The van der Waals surface area contributed by atoms with Gasteiger partial charge in [0.25, 0.3) is 5.91 Å². The number of rotatable bonds is 5. The van der Waals surface area contributed by atoms with Crippen molar-refractivity contribution in [2.24, 2.45) is 0 Å². The van der Waals surface area contributed by atoms with E-state index in [-0.39, 0.29) is 11.9 Å². The van der Waals surface area contributed by atoms with Crippen molar-refractivity contribution in [3.05, 3.63) is 75.0 Å². The average molecular weight is 639 g/mol. The van der Waals surface area contributed by atoms with Crippen molar-refractivity contribution >= 4 is 45.8 Å². The SMILES string of the molecule is COc1ccc2c(c1)C=C(c1ccsc1C(=O)N1CCOCC1)Cn1c-2c(C2CCCCC2)c2ccc(C(=O)OC(C)(C)C)cc21. The predicted molar refractivity (Wildman–Crippen MR) is 184 cm³/mol. The zero-order valence-electron chi connectivity index (χ0n) is 27.2. The van der Waals surface area contributed by atoms with Gasteiger partial charge in [-0.2, -0.15) is 0 Å². The second-order valence-corrected chi connectivity index (χ2v) is 14.5. The van der Waals surface area contributed by atoms with E-state index in [1.54, 1.807) is 7.11 Å². The second-order valence-electron chi connectivity index (χ2n) is 13.6. The quantitative estimate of drug-likeness (QED) is 0.205. The fourth-order valence-corrected chi connectivity index (χ4v) is 8.20. The lowest BCUT2D eigenvalue weighted by molar-refractivity contribution is 0.00695. The van der Waals surface area contributed by atoms with Crippen LogP contribution in [0.3, 0.4) is 0 Å². The van der Waals surface area contributed by atoms with E-state index in [0.29, 0.717) is 44.3 Å². The van der Waals surface area contributed by atoms with Crippen LogP contribution in [0.1, 0.15) is 95.5 Å². The number of fused-ring (bicyclic) bond motifs is 5. The Hall–Kier alpha value is -3.88. The average Bonchev–Trinajstić information content (AvgIpc) is 3.63. The first-order valence-electron chi connectivity index (χ1n) is 16.4. The number of esters is 1. The predicted octanol–water partition coefficient (Wildman–Crippen LogP) is 8.41. The summed E-state index contributed by atoms with van der Waals surface area (Å²) in [6, 6.07) is 14.5. The van der Waals surface area contributed by atoms with E-state index < -0.39 is 5.60 Å². The number of methoxy groups -OCH3 is 1. The minimum Gasteiger partial charge on any atom is -0.497 e. The van der Waals surface area contributed by atoms with E-state index >= 15 is 0 Å². The molecular weight excluding hydrogens is 596 g/mol. The van der Waals surface area contributed by atoms with Crippen LogP contribution in [-0.4, -0.2) is 60.4 Å². The molecule has 0 atom stereocenters. The molecule has 46 heavy (non-hydrogen) atoms. The van der Waals surface area contributed by atoms with E-state index in [1.807, 2.05) is 49.3 Å². The number of morpholine rings is 1. The largest absolute Gasteiger partial charge is 0.497 e. The van der Waals surface area contributed by atoms with Gasteiger partial charge in [0.15, 0.2) is 0 Å². The number of aromatic nitrogens is 1. The van der Waals surface area contributed by atoms with E-state index in [1.165, 1.54) is 47.2 Å². The van der Waals surface area contributed by atoms with Crippen molar-refractivity contribution in [1.29, 1.82) is 0 Å². The summed E-state index contributed by atoms with van der Waals surface area (Å²) in [5.41, 5.74) is 7.74. The highest BCUT2D eigenvalue weighted by molar-refractivity contribution is 7.12. The molecule has 1 amide bonds. The topological polar surface area (TPSA) is 70.0 Å². The van der Waals surface area contributed by atoms with Gasteiger partial charge in [-0.25, -0.2) is 4.79 Å². The lowest BCUT2D eigenvalue weighted by Gasteiger charge is -2.27. The molecule has 7 nitrogen and oxygen atoms in total. The molecule has 2 aliphatic heterocycles. The number of thiophene rings is 1. The smallest absolute Gasteiger partial charge is 0.338 e. The van der Waals surface area contributed by atoms with Crippen molar-refractivity contribution in [2.45, 2.75) is 70.9 Å². The molecule has 0 bridgehead atoms. The standard InChI is InChI=1S/C38H42N2O5S/c1-38(2,3)45-37(42)25-10-12-31-32(22-25)40-23-27(30-14-19-46-35(30)36(41)39-15-17-44-18-16-39)20-26-21-28(43-4)11-13-29(26)34(40)33(31)24-8-6-5-7-9-24/h10-14,19-22,24H,5-9,15-18,23H2,1-4H3. The summed E-state index contributed by atoms with van der Waals surface area (Å²) in [7, 11) is 1.70. The van der Waals surface area contributed by atoms with Crippen LogP contribution in [0.5, 0.6) is 5.75 Å². The Morgan fingerprint density at radius 1 is 0.957 bits per heavy atom. The Morgan fingerprint density at radius 2 is 1.74 bits per heavy atom. The van der Waals surface area contributed by atoms with Gasteiger partial charge >= 0.3 is 5.97 Å². The summed E-state index contributed by atoms with van der Waals surface area (Å²) in [5, 5.41) is 3.21. The maximum atomic E-state index is 13.8.